The molecule has 1 heteroatoms. The van der Waals surface area contributed by atoms with Crippen molar-refractivity contribution in [3.05, 3.63) is 35.9 Å². The van der Waals surface area contributed by atoms with Gasteiger partial charge in [-0.1, -0.05) is 24.3 Å². The average Bonchev–Trinajstić information content (AvgIpc) is 1.90. The highest BCUT2D eigenvalue weighted by Gasteiger charge is 1.97. The van der Waals surface area contributed by atoms with Crippen LogP contribution in [0.5, 0.6) is 0 Å². The number of rotatable bonds is 1. The average molecular weight is 123 g/mol. The summed E-state index contributed by atoms with van der Waals surface area (Å²) in [6.07, 6.45) is -0.861. The summed E-state index contributed by atoms with van der Waals surface area (Å²) in [5.41, 5.74) is 0.716. The van der Waals surface area contributed by atoms with Crippen LogP contribution in [0.3, 0.4) is 0 Å². The Hall–Kier alpha value is -0.850. The molecule has 0 N–H and O–H groups in total. The molecule has 0 aliphatic heterocycles. The first-order valence-electron chi connectivity index (χ1n) is 2.91. The molecular formula is C8H8F. The zero-order valence-electron chi connectivity index (χ0n) is 5.26. The maximum atomic E-state index is 12.4. The lowest BCUT2D eigenvalue weighted by Crippen LogP contribution is -1.81. The minimum Gasteiger partial charge on any atom is -0.243 e. The molecule has 9 heavy (non-hydrogen) atoms. The highest BCUT2D eigenvalue weighted by molar-refractivity contribution is 5.15. The fraction of sp³-hybridized carbons (Fsp3) is 0.250. The Balaban J connectivity index is 2.85. The van der Waals surface area contributed by atoms with E-state index >= 15 is 0 Å². The van der Waals surface area contributed by atoms with E-state index in [9.17, 15) is 4.39 Å². The van der Waals surface area contributed by atoms with E-state index in [0.717, 1.165) is 0 Å². The first kappa shape index (κ1) is 6.27. The van der Waals surface area contributed by atoms with Crippen molar-refractivity contribution in [3.63, 3.8) is 0 Å². The second kappa shape index (κ2) is 2.62. The standard InChI is InChI=1S/C8H8F/c1-7(9)8-5-3-2-4-6-8/h3-7H,1H3. The molecule has 0 bridgehead atoms. The van der Waals surface area contributed by atoms with Crippen molar-refractivity contribution in [2.45, 2.75) is 13.1 Å². The van der Waals surface area contributed by atoms with Crippen molar-refractivity contribution >= 4 is 0 Å². The molecule has 0 fully saturated rings. The fourth-order valence-corrected chi connectivity index (χ4v) is 0.665. The van der Waals surface area contributed by atoms with Crippen LogP contribution in [0.2, 0.25) is 0 Å². The van der Waals surface area contributed by atoms with Crippen molar-refractivity contribution in [3.8, 4) is 0 Å². The maximum absolute atomic E-state index is 12.4. The van der Waals surface area contributed by atoms with Crippen LogP contribution in [0, 0.1) is 6.07 Å². The number of hydrogen-bond acceptors (Lipinski definition) is 0. The van der Waals surface area contributed by atoms with Gasteiger partial charge in [0.2, 0.25) is 0 Å². The van der Waals surface area contributed by atoms with Crippen molar-refractivity contribution < 1.29 is 4.39 Å². The molecule has 0 amide bonds. The Kier molecular flexibility index (Phi) is 1.83. The monoisotopic (exact) mass is 123 g/mol. The number of alkyl halides is 1. The molecule has 0 aliphatic carbocycles. The van der Waals surface area contributed by atoms with Gasteiger partial charge in [-0.3, -0.25) is 0 Å². The van der Waals surface area contributed by atoms with Crippen LogP contribution in [-0.4, -0.2) is 0 Å². The molecular weight excluding hydrogens is 115 g/mol. The third kappa shape index (κ3) is 1.53. The van der Waals surface area contributed by atoms with Crippen molar-refractivity contribution in [1.82, 2.24) is 0 Å². The molecule has 1 radical (unpaired) electrons. The number of hydrogen-bond donors (Lipinski definition) is 0. The first-order chi connectivity index (χ1) is 4.30. The minimum atomic E-state index is -0.861. The van der Waals surface area contributed by atoms with E-state index in [1.807, 2.05) is 0 Å². The normalized spacial score (nSPS) is 13.1. The first-order valence-corrected chi connectivity index (χ1v) is 2.91. The summed E-state index contributed by atoms with van der Waals surface area (Å²) in [5.74, 6) is 0. The molecule has 0 aliphatic rings. The van der Waals surface area contributed by atoms with Crippen molar-refractivity contribution in [1.29, 1.82) is 0 Å². The summed E-state index contributed by atoms with van der Waals surface area (Å²) >= 11 is 0. The Morgan fingerprint density at radius 3 is 2.33 bits per heavy atom. The zero-order chi connectivity index (χ0) is 6.69. The Morgan fingerprint density at radius 1 is 1.44 bits per heavy atom. The van der Waals surface area contributed by atoms with Crippen LogP contribution in [0.1, 0.15) is 18.7 Å². The van der Waals surface area contributed by atoms with Crippen LogP contribution in [-0.2, 0) is 0 Å². The molecule has 0 saturated carbocycles. The lowest BCUT2D eigenvalue weighted by atomic mass is 10.1. The van der Waals surface area contributed by atoms with Crippen LogP contribution >= 0.6 is 0 Å². The molecule has 0 spiro atoms. The van der Waals surface area contributed by atoms with Gasteiger partial charge in [-0.15, -0.1) is 0 Å². The van der Waals surface area contributed by atoms with Crippen LogP contribution < -0.4 is 0 Å². The second-order valence-electron chi connectivity index (χ2n) is 1.95. The summed E-state index contributed by atoms with van der Waals surface area (Å²) < 4.78 is 12.4. The third-order valence-electron chi connectivity index (χ3n) is 1.20. The van der Waals surface area contributed by atoms with E-state index in [0.29, 0.717) is 5.56 Å². The van der Waals surface area contributed by atoms with Gasteiger partial charge in [0.1, 0.15) is 6.17 Å². The summed E-state index contributed by atoms with van der Waals surface area (Å²) in [4.78, 5) is 0. The SMILES string of the molecule is CC(F)c1cc[c]cc1. The molecule has 1 rings (SSSR count). The Bertz CT molecular complexity index is 167. The van der Waals surface area contributed by atoms with Crippen LogP contribution in [0.4, 0.5) is 4.39 Å². The molecule has 1 unspecified atom stereocenters. The van der Waals surface area contributed by atoms with Crippen LogP contribution in [0.15, 0.2) is 24.3 Å². The van der Waals surface area contributed by atoms with Gasteiger partial charge in [-0.2, -0.15) is 0 Å². The number of halogens is 1. The lowest BCUT2D eigenvalue weighted by molar-refractivity contribution is 0.374. The predicted octanol–water partition coefficient (Wildman–Crippen LogP) is 2.52. The summed E-state index contributed by atoms with van der Waals surface area (Å²) in [6.45, 7) is 1.52. The summed E-state index contributed by atoms with van der Waals surface area (Å²) in [5, 5.41) is 0. The maximum Gasteiger partial charge on any atom is 0.122 e. The predicted molar refractivity (Wildman–Crippen MR) is 34.8 cm³/mol. The molecule has 1 atom stereocenters. The van der Waals surface area contributed by atoms with E-state index in [1.54, 1.807) is 24.3 Å². The van der Waals surface area contributed by atoms with E-state index in [1.165, 1.54) is 6.92 Å². The van der Waals surface area contributed by atoms with Gasteiger partial charge in [0.05, 0.1) is 0 Å². The van der Waals surface area contributed by atoms with E-state index in [4.69, 9.17) is 0 Å². The molecule has 1 aromatic carbocycles. The lowest BCUT2D eigenvalue weighted by Gasteiger charge is -1.97. The molecule has 0 nitrogen and oxygen atoms in total. The van der Waals surface area contributed by atoms with E-state index in [2.05, 4.69) is 6.07 Å². The number of benzene rings is 1. The third-order valence-corrected chi connectivity index (χ3v) is 1.20. The molecule has 47 valence electrons. The van der Waals surface area contributed by atoms with Crippen molar-refractivity contribution in [2.24, 2.45) is 0 Å². The zero-order valence-corrected chi connectivity index (χ0v) is 5.26. The fourth-order valence-electron chi connectivity index (χ4n) is 0.665. The summed E-state index contributed by atoms with van der Waals surface area (Å²) in [6, 6.07) is 9.70. The van der Waals surface area contributed by atoms with Crippen LogP contribution in [0.25, 0.3) is 0 Å². The largest absolute Gasteiger partial charge is 0.243 e. The topological polar surface area (TPSA) is 0 Å². The highest BCUT2D eigenvalue weighted by atomic mass is 19.1. The highest BCUT2D eigenvalue weighted by Crippen LogP contribution is 2.13. The molecule has 1 aromatic rings. The molecule has 0 aromatic heterocycles. The minimum absolute atomic E-state index is 0.716. The Labute approximate surface area is 54.3 Å². The van der Waals surface area contributed by atoms with Gasteiger partial charge < -0.3 is 0 Å². The van der Waals surface area contributed by atoms with E-state index < -0.39 is 6.17 Å². The summed E-state index contributed by atoms with van der Waals surface area (Å²) in [7, 11) is 0. The quantitative estimate of drug-likeness (QED) is 0.538. The van der Waals surface area contributed by atoms with E-state index in [-0.39, 0.29) is 0 Å². The van der Waals surface area contributed by atoms with Gasteiger partial charge in [0, 0.05) is 0 Å². The van der Waals surface area contributed by atoms with Gasteiger partial charge in [-0.25, -0.2) is 4.39 Å². The Morgan fingerprint density at radius 2 is 2.00 bits per heavy atom. The molecule has 0 heterocycles. The smallest absolute Gasteiger partial charge is 0.122 e. The van der Waals surface area contributed by atoms with Gasteiger partial charge in [0.25, 0.3) is 0 Å². The van der Waals surface area contributed by atoms with Crippen molar-refractivity contribution in [2.75, 3.05) is 0 Å². The van der Waals surface area contributed by atoms with Gasteiger partial charge >= 0.3 is 0 Å². The van der Waals surface area contributed by atoms with Gasteiger partial charge in [0.15, 0.2) is 0 Å². The molecule has 0 saturated heterocycles. The second-order valence-corrected chi connectivity index (χ2v) is 1.95. The van der Waals surface area contributed by atoms with Gasteiger partial charge in [-0.05, 0) is 18.6 Å².